The summed E-state index contributed by atoms with van der Waals surface area (Å²) in [6.45, 7) is 11.2. The van der Waals surface area contributed by atoms with Gasteiger partial charge in [-0.25, -0.2) is 9.59 Å². The Kier molecular flexibility index (Phi) is 8.06. The van der Waals surface area contributed by atoms with Gasteiger partial charge in [-0.15, -0.1) is 0 Å². The number of hydrogen-bond acceptors (Lipinski definition) is 6. The number of ether oxygens (including phenoxy) is 2. The number of nitrogens with zero attached hydrogens (tertiary/aromatic N) is 1. The maximum Gasteiger partial charge on any atom is 0.339 e. The van der Waals surface area contributed by atoms with Crippen molar-refractivity contribution in [2.24, 2.45) is 0 Å². The number of esters is 1. The highest BCUT2D eigenvalue weighted by Crippen LogP contribution is 2.24. The zero-order chi connectivity index (χ0) is 23.1. The van der Waals surface area contributed by atoms with Crippen molar-refractivity contribution in [3.63, 3.8) is 0 Å². The van der Waals surface area contributed by atoms with Crippen LogP contribution >= 0.6 is 0 Å². The van der Waals surface area contributed by atoms with Gasteiger partial charge < -0.3 is 18.8 Å². The number of fused-ring (bicyclic) bond motifs is 1. The zero-order valence-electron chi connectivity index (χ0n) is 19.3. The summed E-state index contributed by atoms with van der Waals surface area (Å²) < 4.78 is 16.6. The summed E-state index contributed by atoms with van der Waals surface area (Å²) in [6.07, 6.45) is 0.663. The molecule has 170 valence electrons. The molecule has 0 aliphatic carbocycles. The largest absolute Gasteiger partial charge is 0.490 e. The fourth-order valence-corrected chi connectivity index (χ4v) is 3.71. The third-order valence-electron chi connectivity index (χ3n) is 5.67. The molecule has 0 aliphatic rings. The first-order valence-electron chi connectivity index (χ1n) is 11.1. The molecule has 6 nitrogen and oxygen atoms in total. The molecule has 0 amide bonds. The normalized spacial score (nSPS) is 11.2. The number of aryl methyl sites for hydroxylation is 2. The lowest BCUT2D eigenvalue weighted by Crippen LogP contribution is -2.27. The molecule has 3 aromatic rings. The zero-order valence-corrected chi connectivity index (χ0v) is 19.3. The van der Waals surface area contributed by atoms with E-state index in [9.17, 15) is 9.59 Å². The van der Waals surface area contributed by atoms with Gasteiger partial charge in [0.05, 0.1) is 5.56 Å². The first-order valence-corrected chi connectivity index (χ1v) is 11.1. The van der Waals surface area contributed by atoms with Crippen LogP contribution in [0.3, 0.4) is 0 Å². The molecule has 0 N–H and O–H groups in total. The molecule has 0 bridgehead atoms. The second kappa shape index (κ2) is 11.0. The van der Waals surface area contributed by atoms with E-state index in [0.29, 0.717) is 23.3 Å². The van der Waals surface area contributed by atoms with Crippen molar-refractivity contribution in [2.75, 3.05) is 32.8 Å². The number of hydrogen-bond donors (Lipinski definition) is 0. The van der Waals surface area contributed by atoms with Gasteiger partial charge >= 0.3 is 11.6 Å². The summed E-state index contributed by atoms with van der Waals surface area (Å²) >= 11 is 0. The van der Waals surface area contributed by atoms with Crippen LogP contribution in [0.4, 0.5) is 0 Å². The molecular formula is C26H31NO5. The van der Waals surface area contributed by atoms with Gasteiger partial charge in [0.15, 0.2) is 0 Å². The van der Waals surface area contributed by atoms with Crippen molar-refractivity contribution < 1.29 is 18.7 Å². The van der Waals surface area contributed by atoms with E-state index in [0.717, 1.165) is 41.7 Å². The number of benzene rings is 2. The Morgan fingerprint density at radius 2 is 1.81 bits per heavy atom. The molecule has 0 spiro atoms. The molecule has 3 rings (SSSR count). The molecular weight excluding hydrogens is 406 g/mol. The molecule has 2 aromatic carbocycles. The lowest BCUT2D eigenvalue weighted by atomic mass is 10.0. The lowest BCUT2D eigenvalue weighted by Gasteiger charge is -2.18. The molecule has 0 fully saturated rings. The van der Waals surface area contributed by atoms with Gasteiger partial charge in [-0.3, -0.25) is 0 Å². The van der Waals surface area contributed by atoms with E-state index in [-0.39, 0.29) is 24.8 Å². The molecule has 0 unspecified atom stereocenters. The van der Waals surface area contributed by atoms with Gasteiger partial charge in [-0.05, 0) is 63.2 Å². The minimum absolute atomic E-state index is 0.123. The minimum Gasteiger partial charge on any atom is -0.490 e. The third-order valence-corrected chi connectivity index (χ3v) is 5.67. The molecule has 0 saturated heterocycles. The maximum atomic E-state index is 12.6. The Morgan fingerprint density at radius 3 is 2.53 bits per heavy atom. The second-order valence-corrected chi connectivity index (χ2v) is 7.78. The van der Waals surface area contributed by atoms with E-state index in [1.165, 1.54) is 0 Å². The van der Waals surface area contributed by atoms with Crippen molar-refractivity contribution in [1.29, 1.82) is 0 Å². The topological polar surface area (TPSA) is 69.0 Å². The van der Waals surface area contributed by atoms with Crippen LogP contribution in [0.5, 0.6) is 5.75 Å². The Balaban J connectivity index is 1.62. The Hall–Kier alpha value is -3.12. The lowest BCUT2D eigenvalue weighted by molar-refractivity contribution is 0.0450. The first kappa shape index (κ1) is 23.5. The highest BCUT2D eigenvalue weighted by Gasteiger charge is 2.13. The highest BCUT2D eigenvalue weighted by molar-refractivity contribution is 5.89. The van der Waals surface area contributed by atoms with Gasteiger partial charge in [0.2, 0.25) is 0 Å². The third kappa shape index (κ3) is 5.77. The summed E-state index contributed by atoms with van der Waals surface area (Å²) in [7, 11) is 0. The van der Waals surface area contributed by atoms with Crippen molar-refractivity contribution in [3.8, 4) is 5.75 Å². The van der Waals surface area contributed by atoms with Crippen molar-refractivity contribution in [1.82, 2.24) is 4.90 Å². The number of carbonyl (C=O) groups excluding carboxylic acids is 1. The average Bonchev–Trinajstić information content (AvgIpc) is 2.78. The quantitative estimate of drug-likeness (QED) is 0.264. The van der Waals surface area contributed by atoms with E-state index in [2.05, 4.69) is 18.7 Å². The van der Waals surface area contributed by atoms with Gasteiger partial charge in [-0.2, -0.15) is 0 Å². The predicted octanol–water partition coefficient (Wildman–Crippen LogP) is 4.53. The molecule has 6 heteroatoms. The SMILES string of the molecule is CCN(CC)CCc1c(C)c2ccc(OCCOC(=O)c3cccc(C)c3)cc2oc1=O. The molecule has 0 aliphatic heterocycles. The van der Waals surface area contributed by atoms with Crippen LogP contribution < -0.4 is 10.4 Å². The van der Waals surface area contributed by atoms with Crippen LogP contribution in [0.2, 0.25) is 0 Å². The smallest absolute Gasteiger partial charge is 0.339 e. The summed E-state index contributed by atoms with van der Waals surface area (Å²) in [6, 6.07) is 12.7. The standard InChI is InChI=1S/C26H31NO5/c1-5-27(6-2)13-12-23-19(4)22-11-10-21(17-24(22)32-26(23)29)30-14-15-31-25(28)20-9-7-8-18(3)16-20/h7-11,16-17H,5-6,12-15H2,1-4H3. The van der Waals surface area contributed by atoms with Crippen molar-refractivity contribution in [3.05, 3.63) is 75.1 Å². The van der Waals surface area contributed by atoms with Gasteiger partial charge in [0.1, 0.15) is 24.5 Å². The van der Waals surface area contributed by atoms with E-state index in [4.69, 9.17) is 13.9 Å². The number of likely N-dealkylation sites (N-methyl/N-ethyl adjacent to an activating group) is 1. The molecule has 0 radical (unpaired) electrons. The Labute approximate surface area is 188 Å². The number of rotatable bonds is 10. The van der Waals surface area contributed by atoms with E-state index in [1.807, 2.05) is 38.1 Å². The predicted molar refractivity (Wildman–Crippen MR) is 126 cm³/mol. The van der Waals surface area contributed by atoms with Crippen molar-refractivity contribution in [2.45, 2.75) is 34.1 Å². The fraction of sp³-hybridized carbons (Fsp3) is 0.385. The second-order valence-electron chi connectivity index (χ2n) is 7.78. The average molecular weight is 438 g/mol. The van der Waals surface area contributed by atoms with Crippen LogP contribution in [-0.2, 0) is 11.2 Å². The summed E-state index contributed by atoms with van der Waals surface area (Å²) in [4.78, 5) is 26.9. The number of carbonyl (C=O) groups is 1. The highest BCUT2D eigenvalue weighted by atomic mass is 16.6. The maximum absolute atomic E-state index is 12.6. The summed E-state index contributed by atoms with van der Waals surface area (Å²) in [5.74, 6) is 0.178. The molecule has 1 heterocycles. The van der Waals surface area contributed by atoms with E-state index >= 15 is 0 Å². The molecule has 1 aromatic heterocycles. The molecule has 32 heavy (non-hydrogen) atoms. The van der Waals surface area contributed by atoms with Crippen LogP contribution in [0.1, 0.15) is 40.9 Å². The molecule has 0 atom stereocenters. The summed E-state index contributed by atoms with van der Waals surface area (Å²) in [5, 5.41) is 0.900. The van der Waals surface area contributed by atoms with Crippen LogP contribution in [0, 0.1) is 13.8 Å². The van der Waals surface area contributed by atoms with Gasteiger partial charge in [0.25, 0.3) is 0 Å². The van der Waals surface area contributed by atoms with Crippen LogP contribution in [0.15, 0.2) is 51.7 Å². The van der Waals surface area contributed by atoms with Crippen LogP contribution in [0.25, 0.3) is 11.0 Å². The Bertz CT molecular complexity index is 1130. The fourth-order valence-electron chi connectivity index (χ4n) is 3.71. The van der Waals surface area contributed by atoms with Crippen molar-refractivity contribution >= 4 is 16.9 Å². The van der Waals surface area contributed by atoms with E-state index in [1.54, 1.807) is 18.2 Å². The molecule has 0 saturated carbocycles. The van der Waals surface area contributed by atoms with Crippen LogP contribution in [-0.4, -0.2) is 43.7 Å². The van der Waals surface area contributed by atoms with Gasteiger partial charge in [-0.1, -0.05) is 31.5 Å². The van der Waals surface area contributed by atoms with Gasteiger partial charge in [0, 0.05) is 23.6 Å². The van der Waals surface area contributed by atoms with E-state index < -0.39 is 0 Å². The Morgan fingerprint density at radius 1 is 1.03 bits per heavy atom. The first-order chi connectivity index (χ1) is 15.4. The monoisotopic (exact) mass is 437 g/mol. The summed E-state index contributed by atoms with van der Waals surface area (Å²) in [5.41, 5.74) is 3.38. The minimum atomic E-state index is -0.380.